The summed E-state index contributed by atoms with van der Waals surface area (Å²) in [6.45, 7) is 7.36. The normalized spacial score (nSPS) is 17.2. The maximum absolute atomic E-state index is 12.5. The van der Waals surface area contributed by atoms with Crippen molar-refractivity contribution in [1.29, 1.82) is 0 Å². The van der Waals surface area contributed by atoms with Gasteiger partial charge < -0.3 is 5.32 Å². The van der Waals surface area contributed by atoms with E-state index in [0.29, 0.717) is 11.3 Å². The summed E-state index contributed by atoms with van der Waals surface area (Å²) in [6, 6.07) is 5.80. The quantitative estimate of drug-likeness (QED) is 0.785. The van der Waals surface area contributed by atoms with E-state index in [1.165, 1.54) is 32.1 Å². The van der Waals surface area contributed by atoms with Crippen molar-refractivity contribution in [3.63, 3.8) is 0 Å². The summed E-state index contributed by atoms with van der Waals surface area (Å²) < 4.78 is 0.993. The fourth-order valence-corrected chi connectivity index (χ4v) is 4.03. The molecular weight excluding hydrogens is 326 g/mol. The van der Waals surface area contributed by atoms with Crippen molar-refractivity contribution in [3.05, 3.63) is 33.8 Å². The van der Waals surface area contributed by atoms with Crippen LogP contribution in [0.25, 0.3) is 0 Å². The van der Waals surface area contributed by atoms with Crippen LogP contribution in [0.15, 0.2) is 22.7 Å². The zero-order chi connectivity index (χ0) is 15.5. The molecule has 1 fully saturated rings. The van der Waals surface area contributed by atoms with E-state index in [9.17, 15) is 4.79 Å². The van der Waals surface area contributed by atoms with Crippen LogP contribution in [0.1, 0.15) is 61.9 Å². The second-order valence-corrected chi connectivity index (χ2v) is 7.75. The molecule has 0 saturated heterocycles. The van der Waals surface area contributed by atoms with Gasteiger partial charge in [-0.1, -0.05) is 48.7 Å². The molecule has 116 valence electrons. The maximum atomic E-state index is 12.5. The lowest BCUT2D eigenvalue weighted by molar-refractivity contribution is 0.0921. The zero-order valence-electron chi connectivity index (χ0n) is 13.3. The van der Waals surface area contributed by atoms with Crippen LogP contribution in [-0.4, -0.2) is 12.5 Å². The number of benzene rings is 1. The Balaban J connectivity index is 2.04. The van der Waals surface area contributed by atoms with Gasteiger partial charge in [0.1, 0.15) is 0 Å². The molecule has 0 aromatic heterocycles. The molecule has 0 heterocycles. The Morgan fingerprint density at radius 1 is 1.33 bits per heavy atom. The smallest absolute Gasteiger partial charge is 0.251 e. The Hall–Kier alpha value is -0.830. The Morgan fingerprint density at radius 2 is 2.00 bits per heavy atom. The number of carbonyl (C=O) groups is 1. The standard InChI is InChI=1S/C18H26BrNO/c1-13(2)11-18(9-4-5-10-18)12-20-17(21)15-7-6-8-16(19)14(15)3/h6-8,13H,4-5,9-12H2,1-3H3,(H,20,21). The summed E-state index contributed by atoms with van der Waals surface area (Å²) in [4.78, 5) is 12.5. The summed E-state index contributed by atoms with van der Waals surface area (Å²) in [7, 11) is 0. The van der Waals surface area contributed by atoms with Crippen molar-refractivity contribution in [2.24, 2.45) is 11.3 Å². The van der Waals surface area contributed by atoms with Crippen LogP contribution in [0.4, 0.5) is 0 Å². The van der Waals surface area contributed by atoms with Crippen LogP contribution in [0.2, 0.25) is 0 Å². The Morgan fingerprint density at radius 3 is 2.62 bits per heavy atom. The van der Waals surface area contributed by atoms with Gasteiger partial charge >= 0.3 is 0 Å². The fourth-order valence-electron chi connectivity index (χ4n) is 3.66. The highest BCUT2D eigenvalue weighted by molar-refractivity contribution is 9.10. The lowest BCUT2D eigenvalue weighted by atomic mass is 9.78. The third-order valence-corrected chi connectivity index (χ3v) is 5.50. The van der Waals surface area contributed by atoms with Gasteiger partial charge in [0.15, 0.2) is 0 Å². The summed E-state index contributed by atoms with van der Waals surface area (Å²) in [5.74, 6) is 0.747. The molecule has 1 aromatic carbocycles. The monoisotopic (exact) mass is 351 g/mol. The molecule has 0 atom stereocenters. The van der Waals surface area contributed by atoms with Gasteiger partial charge in [-0.05, 0) is 55.2 Å². The van der Waals surface area contributed by atoms with Crippen LogP contribution in [-0.2, 0) is 0 Å². The van der Waals surface area contributed by atoms with Crippen molar-refractivity contribution >= 4 is 21.8 Å². The second-order valence-electron chi connectivity index (χ2n) is 6.90. The van der Waals surface area contributed by atoms with Crippen molar-refractivity contribution in [3.8, 4) is 0 Å². The summed E-state index contributed by atoms with van der Waals surface area (Å²) in [5.41, 5.74) is 2.12. The average molecular weight is 352 g/mol. The molecule has 1 aromatic rings. The van der Waals surface area contributed by atoms with Gasteiger partial charge in [-0.2, -0.15) is 0 Å². The minimum absolute atomic E-state index is 0.0591. The summed E-state index contributed by atoms with van der Waals surface area (Å²) in [5, 5.41) is 3.20. The van der Waals surface area contributed by atoms with E-state index >= 15 is 0 Å². The second kappa shape index (κ2) is 6.95. The van der Waals surface area contributed by atoms with Crippen LogP contribution >= 0.6 is 15.9 Å². The molecule has 0 bridgehead atoms. The van der Waals surface area contributed by atoms with Crippen LogP contribution < -0.4 is 5.32 Å². The lowest BCUT2D eigenvalue weighted by Crippen LogP contribution is -2.37. The molecule has 1 amide bonds. The highest BCUT2D eigenvalue weighted by Crippen LogP contribution is 2.42. The molecule has 1 aliphatic carbocycles. The van der Waals surface area contributed by atoms with Gasteiger partial charge in [-0.25, -0.2) is 0 Å². The predicted octanol–water partition coefficient (Wildman–Crippen LogP) is 5.09. The van der Waals surface area contributed by atoms with E-state index in [-0.39, 0.29) is 5.91 Å². The van der Waals surface area contributed by atoms with Gasteiger partial charge in [0.2, 0.25) is 0 Å². The number of nitrogens with one attached hydrogen (secondary N) is 1. The molecule has 2 nitrogen and oxygen atoms in total. The first-order valence-electron chi connectivity index (χ1n) is 7.97. The van der Waals surface area contributed by atoms with Crippen LogP contribution in [0.3, 0.4) is 0 Å². The molecule has 3 heteroatoms. The molecule has 1 saturated carbocycles. The third kappa shape index (κ3) is 4.09. The first-order chi connectivity index (χ1) is 9.93. The summed E-state index contributed by atoms with van der Waals surface area (Å²) >= 11 is 3.50. The van der Waals surface area contributed by atoms with E-state index in [0.717, 1.165) is 22.1 Å². The molecule has 0 aliphatic heterocycles. The van der Waals surface area contributed by atoms with Gasteiger partial charge in [-0.15, -0.1) is 0 Å². The summed E-state index contributed by atoms with van der Waals surface area (Å²) in [6.07, 6.45) is 6.33. The molecule has 21 heavy (non-hydrogen) atoms. The van der Waals surface area contributed by atoms with Gasteiger partial charge in [0, 0.05) is 16.6 Å². The fraction of sp³-hybridized carbons (Fsp3) is 0.611. The Labute approximate surface area is 136 Å². The number of carbonyl (C=O) groups excluding carboxylic acids is 1. The van der Waals surface area contributed by atoms with Crippen LogP contribution in [0.5, 0.6) is 0 Å². The molecule has 2 rings (SSSR count). The van der Waals surface area contributed by atoms with Crippen molar-refractivity contribution in [1.82, 2.24) is 5.32 Å². The molecule has 0 radical (unpaired) electrons. The Bertz CT molecular complexity index is 504. The van der Waals surface area contributed by atoms with Crippen molar-refractivity contribution in [2.75, 3.05) is 6.54 Å². The molecule has 1 N–H and O–H groups in total. The van der Waals surface area contributed by atoms with E-state index in [1.807, 2.05) is 25.1 Å². The number of hydrogen-bond acceptors (Lipinski definition) is 1. The Kier molecular flexibility index (Phi) is 5.48. The lowest BCUT2D eigenvalue weighted by Gasteiger charge is -2.31. The van der Waals surface area contributed by atoms with Gasteiger partial charge in [-0.3, -0.25) is 4.79 Å². The van der Waals surface area contributed by atoms with E-state index in [1.54, 1.807) is 0 Å². The van der Waals surface area contributed by atoms with Crippen LogP contribution in [0, 0.1) is 18.3 Å². The van der Waals surface area contributed by atoms with Crippen molar-refractivity contribution in [2.45, 2.75) is 52.9 Å². The largest absolute Gasteiger partial charge is 0.351 e. The van der Waals surface area contributed by atoms with Crippen molar-refractivity contribution < 1.29 is 4.79 Å². The molecule has 1 aliphatic rings. The van der Waals surface area contributed by atoms with E-state index in [4.69, 9.17) is 0 Å². The first-order valence-corrected chi connectivity index (χ1v) is 8.76. The SMILES string of the molecule is Cc1c(Br)cccc1C(=O)NCC1(CC(C)C)CCCC1. The van der Waals surface area contributed by atoms with E-state index < -0.39 is 0 Å². The molecular formula is C18H26BrNO. The van der Waals surface area contributed by atoms with Gasteiger partial charge in [0.25, 0.3) is 5.91 Å². The highest BCUT2D eigenvalue weighted by Gasteiger charge is 2.34. The number of rotatable bonds is 5. The first kappa shape index (κ1) is 16.5. The minimum atomic E-state index is 0.0591. The minimum Gasteiger partial charge on any atom is -0.351 e. The topological polar surface area (TPSA) is 29.1 Å². The molecule has 0 spiro atoms. The number of amides is 1. The highest BCUT2D eigenvalue weighted by atomic mass is 79.9. The third-order valence-electron chi connectivity index (χ3n) is 4.64. The molecule has 0 unspecified atom stereocenters. The van der Waals surface area contributed by atoms with Gasteiger partial charge in [0.05, 0.1) is 0 Å². The maximum Gasteiger partial charge on any atom is 0.251 e. The number of halogens is 1. The average Bonchev–Trinajstić information content (AvgIpc) is 2.87. The zero-order valence-corrected chi connectivity index (χ0v) is 14.9. The predicted molar refractivity (Wildman–Crippen MR) is 91.6 cm³/mol. The number of hydrogen-bond donors (Lipinski definition) is 1. The van der Waals surface area contributed by atoms with E-state index in [2.05, 4.69) is 35.1 Å².